The van der Waals surface area contributed by atoms with Gasteiger partial charge in [0.15, 0.2) is 11.5 Å². The van der Waals surface area contributed by atoms with Gasteiger partial charge in [-0.05, 0) is 64.9 Å². The Morgan fingerprint density at radius 3 is 2.53 bits per heavy atom. The molecule has 0 radical (unpaired) electrons. The molecule has 1 fully saturated rings. The number of hydrogen-bond donors (Lipinski definition) is 0. The van der Waals surface area contributed by atoms with Crippen LogP contribution >= 0.6 is 11.8 Å². The minimum absolute atomic E-state index is 0.249. The first-order valence-electron chi connectivity index (χ1n) is 9.63. The summed E-state index contributed by atoms with van der Waals surface area (Å²) in [5.41, 5.74) is 1.69. The van der Waals surface area contributed by atoms with Crippen LogP contribution in [0.3, 0.4) is 0 Å². The van der Waals surface area contributed by atoms with E-state index in [1.54, 1.807) is 25.3 Å². The topological polar surface area (TPSA) is 55.8 Å². The van der Waals surface area contributed by atoms with E-state index in [4.69, 9.17) is 9.47 Å². The highest BCUT2D eigenvalue weighted by Crippen LogP contribution is 2.35. The molecular formula is C24H21NO4S. The number of thioether (sulfide) groups is 1. The Bertz CT molecular complexity index is 1150. The number of benzene rings is 3. The van der Waals surface area contributed by atoms with Crippen molar-refractivity contribution >= 4 is 39.8 Å². The fraction of sp³-hybridized carbons (Fsp3) is 0.167. The van der Waals surface area contributed by atoms with Crippen molar-refractivity contribution in [2.24, 2.45) is 0 Å². The molecule has 1 aliphatic heterocycles. The van der Waals surface area contributed by atoms with Crippen molar-refractivity contribution in [1.82, 2.24) is 4.90 Å². The summed E-state index contributed by atoms with van der Waals surface area (Å²) in [5, 5.41) is 1.94. The molecule has 152 valence electrons. The van der Waals surface area contributed by atoms with Crippen LogP contribution in [-0.4, -0.2) is 29.8 Å². The molecule has 6 heteroatoms. The van der Waals surface area contributed by atoms with Crippen LogP contribution in [0, 0.1) is 0 Å². The molecule has 3 aromatic rings. The van der Waals surface area contributed by atoms with Crippen molar-refractivity contribution in [2.75, 3.05) is 13.7 Å². The van der Waals surface area contributed by atoms with E-state index in [-0.39, 0.29) is 17.7 Å². The number of ether oxygens (including phenoxy) is 2. The number of imide groups is 1. The van der Waals surface area contributed by atoms with E-state index in [2.05, 4.69) is 0 Å². The van der Waals surface area contributed by atoms with Gasteiger partial charge in [-0.25, -0.2) is 0 Å². The van der Waals surface area contributed by atoms with Crippen molar-refractivity contribution in [2.45, 2.75) is 13.5 Å². The molecule has 1 aliphatic rings. The number of amides is 2. The van der Waals surface area contributed by atoms with Crippen molar-refractivity contribution in [1.29, 1.82) is 0 Å². The van der Waals surface area contributed by atoms with E-state index in [1.807, 2.05) is 55.5 Å². The minimum Gasteiger partial charge on any atom is -0.493 e. The first kappa shape index (κ1) is 20.0. The Hall–Kier alpha value is -3.25. The molecule has 30 heavy (non-hydrogen) atoms. The van der Waals surface area contributed by atoms with Gasteiger partial charge in [0.25, 0.3) is 11.1 Å². The van der Waals surface area contributed by atoms with Gasteiger partial charge in [0.1, 0.15) is 0 Å². The standard InChI is InChI=1S/C24H21NO4S/c1-3-29-20-11-9-16(13-21(20)28-2)14-22-23(26)25(24(27)30-22)15-17-8-10-18-6-4-5-7-19(18)12-17/h4-14H,3,15H2,1-2H3/b22-14-. The predicted octanol–water partition coefficient (Wildman–Crippen LogP) is 5.48. The van der Waals surface area contributed by atoms with Crippen LogP contribution in [0.15, 0.2) is 65.6 Å². The quantitative estimate of drug-likeness (QED) is 0.495. The largest absolute Gasteiger partial charge is 0.493 e. The van der Waals surface area contributed by atoms with Gasteiger partial charge in [0, 0.05) is 0 Å². The normalized spacial score (nSPS) is 15.3. The van der Waals surface area contributed by atoms with E-state index in [0.717, 1.165) is 33.7 Å². The zero-order valence-electron chi connectivity index (χ0n) is 16.8. The molecule has 0 N–H and O–H groups in total. The fourth-order valence-electron chi connectivity index (χ4n) is 3.36. The smallest absolute Gasteiger partial charge is 0.293 e. The van der Waals surface area contributed by atoms with Crippen LogP contribution in [0.5, 0.6) is 11.5 Å². The summed E-state index contributed by atoms with van der Waals surface area (Å²) >= 11 is 0.954. The molecule has 1 saturated heterocycles. The van der Waals surface area contributed by atoms with Crippen LogP contribution < -0.4 is 9.47 Å². The van der Waals surface area contributed by atoms with Crippen LogP contribution in [0.2, 0.25) is 0 Å². The number of carbonyl (C=O) groups excluding carboxylic acids is 2. The number of nitrogens with zero attached hydrogens (tertiary/aromatic N) is 1. The van der Waals surface area contributed by atoms with Crippen molar-refractivity contribution in [3.05, 3.63) is 76.7 Å². The maximum atomic E-state index is 12.9. The second kappa shape index (κ2) is 8.63. The molecule has 1 heterocycles. The number of carbonyl (C=O) groups is 2. The zero-order valence-corrected chi connectivity index (χ0v) is 17.6. The zero-order chi connectivity index (χ0) is 21.1. The minimum atomic E-state index is -0.286. The number of rotatable bonds is 6. The molecule has 0 saturated carbocycles. The van der Waals surface area contributed by atoms with Crippen molar-refractivity contribution in [3.8, 4) is 11.5 Å². The second-order valence-corrected chi connectivity index (χ2v) is 7.79. The van der Waals surface area contributed by atoms with E-state index in [9.17, 15) is 9.59 Å². The van der Waals surface area contributed by atoms with E-state index >= 15 is 0 Å². The fourth-order valence-corrected chi connectivity index (χ4v) is 4.19. The van der Waals surface area contributed by atoms with Gasteiger partial charge in [-0.2, -0.15) is 0 Å². The van der Waals surface area contributed by atoms with E-state index in [1.165, 1.54) is 4.90 Å². The molecule has 0 unspecified atom stereocenters. The molecule has 0 aliphatic carbocycles. The van der Waals surface area contributed by atoms with Gasteiger partial charge < -0.3 is 9.47 Å². The maximum Gasteiger partial charge on any atom is 0.293 e. The summed E-state index contributed by atoms with van der Waals surface area (Å²) in [7, 11) is 1.57. The lowest BCUT2D eigenvalue weighted by Gasteiger charge is -2.13. The summed E-state index contributed by atoms with van der Waals surface area (Å²) in [6, 6.07) is 19.4. The number of hydrogen-bond acceptors (Lipinski definition) is 5. The first-order valence-corrected chi connectivity index (χ1v) is 10.4. The second-order valence-electron chi connectivity index (χ2n) is 6.79. The Kier molecular flexibility index (Phi) is 5.77. The third kappa shape index (κ3) is 4.04. The Labute approximate surface area is 179 Å². The van der Waals surface area contributed by atoms with Gasteiger partial charge in [0.05, 0.1) is 25.2 Å². The molecule has 0 bridgehead atoms. The Morgan fingerprint density at radius 1 is 0.967 bits per heavy atom. The van der Waals surface area contributed by atoms with E-state index < -0.39 is 0 Å². The van der Waals surface area contributed by atoms with E-state index in [0.29, 0.717) is 23.0 Å². The average Bonchev–Trinajstić information content (AvgIpc) is 3.02. The third-order valence-corrected chi connectivity index (χ3v) is 5.72. The lowest BCUT2D eigenvalue weighted by molar-refractivity contribution is -0.123. The average molecular weight is 420 g/mol. The predicted molar refractivity (Wildman–Crippen MR) is 120 cm³/mol. The third-order valence-electron chi connectivity index (χ3n) is 4.81. The molecule has 5 nitrogen and oxygen atoms in total. The maximum absolute atomic E-state index is 12.9. The SMILES string of the molecule is CCOc1ccc(/C=C2\SC(=O)N(Cc3ccc4ccccc4c3)C2=O)cc1OC. The van der Waals surface area contributed by atoms with Gasteiger partial charge in [-0.15, -0.1) is 0 Å². The van der Waals surface area contributed by atoms with Crippen LogP contribution in [0.1, 0.15) is 18.1 Å². The number of fused-ring (bicyclic) bond motifs is 1. The summed E-state index contributed by atoms with van der Waals surface area (Å²) in [4.78, 5) is 27.0. The first-order chi connectivity index (χ1) is 14.6. The molecule has 0 atom stereocenters. The molecule has 4 rings (SSSR count). The lowest BCUT2D eigenvalue weighted by Crippen LogP contribution is -2.27. The highest BCUT2D eigenvalue weighted by Gasteiger charge is 2.35. The van der Waals surface area contributed by atoms with Gasteiger partial charge in [0.2, 0.25) is 0 Å². The van der Waals surface area contributed by atoms with Crippen molar-refractivity contribution in [3.63, 3.8) is 0 Å². The molecule has 0 aromatic heterocycles. The Balaban J connectivity index is 1.56. The summed E-state index contributed by atoms with van der Waals surface area (Å²) in [6.45, 7) is 2.68. The molecule has 3 aromatic carbocycles. The molecule has 0 spiro atoms. The van der Waals surface area contributed by atoms with Gasteiger partial charge in [-0.1, -0.05) is 42.5 Å². The summed E-state index contributed by atoms with van der Waals surface area (Å²) in [6.07, 6.45) is 1.71. The summed E-state index contributed by atoms with van der Waals surface area (Å²) in [5.74, 6) is 0.938. The Morgan fingerprint density at radius 2 is 1.77 bits per heavy atom. The molecule has 2 amide bonds. The van der Waals surface area contributed by atoms with Crippen molar-refractivity contribution < 1.29 is 19.1 Å². The van der Waals surface area contributed by atoms with Crippen LogP contribution in [0.4, 0.5) is 4.79 Å². The lowest BCUT2D eigenvalue weighted by atomic mass is 10.1. The van der Waals surface area contributed by atoms with Gasteiger partial charge in [-0.3, -0.25) is 14.5 Å². The number of methoxy groups -OCH3 is 1. The summed E-state index contributed by atoms with van der Waals surface area (Å²) < 4.78 is 10.9. The highest BCUT2D eigenvalue weighted by molar-refractivity contribution is 8.18. The van der Waals surface area contributed by atoms with Crippen LogP contribution in [0.25, 0.3) is 16.8 Å². The van der Waals surface area contributed by atoms with Gasteiger partial charge >= 0.3 is 0 Å². The molecular weight excluding hydrogens is 398 g/mol. The monoisotopic (exact) mass is 419 g/mol. The van der Waals surface area contributed by atoms with Crippen LogP contribution in [-0.2, 0) is 11.3 Å². The highest BCUT2D eigenvalue weighted by atomic mass is 32.2.